The monoisotopic (exact) mass is 472 g/mol. The lowest BCUT2D eigenvalue weighted by Crippen LogP contribution is -2.02. The van der Waals surface area contributed by atoms with Crippen LogP contribution >= 0.6 is 0 Å². The Hall–Kier alpha value is -2.82. The van der Waals surface area contributed by atoms with Crippen LogP contribution in [0.25, 0.3) is 22.3 Å². The summed E-state index contributed by atoms with van der Waals surface area (Å²) in [5.74, 6) is -4.98. The van der Waals surface area contributed by atoms with Crippen molar-refractivity contribution in [3.8, 4) is 28.0 Å². The van der Waals surface area contributed by atoms with Crippen molar-refractivity contribution in [2.75, 3.05) is 6.61 Å². The minimum atomic E-state index is -1.26. The lowest BCUT2D eigenvalue weighted by atomic mass is 9.97. The Bertz CT molecular complexity index is 1080. The third-order valence-corrected chi connectivity index (χ3v) is 6.01. The van der Waals surface area contributed by atoms with E-state index >= 15 is 0 Å². The summed E-state index contributed by atoms with van der Waals surface area (Å²) >= 11 is 0. The van der Waals surface area contributed by atoms with Crippen LogP contribution in [0.3, 0.4) is 0 Å². The van der Waals surface area contributed by atoms with Gasteiger partial charge in [-0.3, -0.25) is 0 Å². The molecule has 3 aromatic rings. The van der Waals surface area contributed by atoms with Crippen LogP contribution in [-0.4, -0.2) is 6.61 Å². The number of hydrogen-bond donors (Lipinski definition) is 0. The second-order valence-electron chi connectivity index (χ2n) is 8.59. The van der Waals surface area contributed by atoms with E-state index in [1.807, 2.05) is 12.1 Å². The predicted molar refractivity (Wildman–Crippen MR) is 130 cm³/mol. The minimum absolute atomic E-state index is 0.0780. The summed E-state index contributed by atoms with van der Waals surface area (Å²) in [6.07, 6.45) is 8.08. The van der Waals surface area contributed by atoms with Gasteiger partial charge in [0.2, 0.25) is 5.82 Å². The molecule has 0 unspecified atom stereocenters. The highest BCUT2D eigenvalue weighted by Crippen LogP contribution is 2.35. The van der Waals surface area contributed by atoms with Crippen molar-refractivity contribution in [1.82, 2.24) is 0 Å². The molecule has 3 aromatic carbocycles. The van der Waals surface area contributed by atoms with Crippen molar-refractivity contribution in [3.63, 3.8) is 0 Å². The molecular weight excluding hydrogens is 440 g/mol. The van der Waals surface area contributed by atoms with Gasteiger partial charge in [-0.15, -0.1) is 0 Å². The largest absolute Gasteiger partial charge is 0.490 e. The van der Waals surface area contributed by atoms with Gasteiger partial charge in [0.25, 0.3) is 0 Å². The van der Waals surface area contributed by atoms with E-state index in [4.69, 9.17) is 4.74 Å². The first kappa shape index (κ1) is 25.8. The Morgan fingerprint density at radius 3 is 1.79 bits per heavy atom. The highest BCUT2D eigenvalue weighted by molar-refractivity contribution is 5.72. The van der Waals surface area contributed by atoms with Crippen LogP contribution in [0.1, 0.15) is 64.4 Å². The third kappa shape index (κ3) is 6.19. The molecule has 0 aliphatic carbocycles. The van der Waals surface area contributed by atoms with Crippen molar-refractivity contribution in [2.45, 2.75) is 65.2 Å². The van der Waals surface area contributed by atoms with Crippen molar-refractivity contribution in [3.05, 3.63) is 77.4 Å². The Labute approximate surface area is 199 Å². The fourth-order valence-electron chi connectivity index (χ4n) is 3.97. The quantitative estimate of drug-likeness (QED) is 0.188. The molecule has 0 aliphatic heterocycles. The van der Waals surface area contributed by atoms with Crippen molar-refractivity contribution in [2.24, 2.45) is 0 Å². The molecule has 0 saturated heterocycles. The number of ether oxygens (including phenoxy) is 1. The fourth-order valence-corrected chi connectivity index (χ4v) is 3.97. The van der Waals surface area contributed by atoms with E-state index in [1.165, 1.54) is 24.3 Å². The first-order valence-corrected chi connectivity index (χ1v) is 12.2. The van der Waals surface area contributed by atoms with Gasteiger partial charge in [0.1, 0.15) is 0 Å². The predicted octanol–water partition coefficient (Wildman–Crippen LogP) is 9.27. The molecule has 182 valence electrons. The lowest BCUT2D eigenvalue weighted by Gasteiger charge is -2.13. The molecule has 0 amide bonds. The van der Waals surface area contributed by atoms with Crippen LogP contribution in [0.2, 0.25) is 0 Å². The Balaban J connectivity index is 1.80. The summed E-state index contributed by atoms with van der Waals surface area (Å²) in [5.41, 5.74) is 1.07. The zero-order chi connectivity index (χ0) is 24.5. The first-order valence-electron chi connectivity index (χ1n) is 12.2. The van der Waals surface area contributed by atoms with Gasteiger partial charge in [0, 0.05) is 16.7 Å². The van der Waals surface area contributed by atoms with Gasteiger partial charge in [0.05, 0.1) is 6.61 Å². The molecule has 5 heteroatoms. The average Bonchev–Trinajstić information content (AvgIpc) is 2.84. The molecule has 0 N–H and O–H groups in total. The number of benzene rings is 3. The zero-order valence-corrected chi connectivity index (χ0v) is 19.9. The number of aryl methyl sites for hydroxylation is 1. The van der Waals surface area contributed by atoms with Gasteiger partial charge >= 0.3 is 0 Å². The van der Waals surface area contributed by atoms with E-state index < -0.39 is 23.3 Å². The molecule has 0 saturated carbocycles. The van der Waals surface area contributed by atoms with E-state index in [2.05, 4.69) is 13.8 Å². The minimum Gasteiger partial charge on any atom is -0.490 e. The molecule has 0 atom stereocenters. The maximum atomic E-state index is 15.0. The smallest absolute Gasteiger partial charge is 0.201 e. The Kier molecular flexibility index (Phi) is 9.55. The van der Waals surface area contributed by atoms with Crippen LogP contribution in [0.15, 0.2) is 48.5 Å². The molecular formula is C29H32F4O. The van der Waals surface area contributed by atoms with Gasteiger partial charge in [0.15, 0.2) is 23.2 Å². The van der Waals surface area contributed by atoms with Crippen molar-refractivity contribution in [1.29, 1.82) is 0 Å². The molecule has 0 aromatic heterocycles. The van der Waals surface area contributed by atoms with Crippen LogP contribution in [0.4, 0.5) is 17.6 Å². The molecule has 0 spiro atoms. The second kappa shape index (κ2) is 12.6. The van der Waals surface area contributed by atoms with Gasteiger partial charge in [-0.05, 0) is 42.5 Å². The summed E-state index contributed by atoms with van der Waals surface area (Å²) < 4.78 is 64.5. The van der Waals surface area contributed by atoms with Crippen LogP contribution < -0.4 is 4.74 Å². The zero-order valence-electron chi connectivity index (χ0n) is 19.9. The van der Waals surface area contributed by atoms with Gasteiger partial charge in [-0.2, -0.15) is 4.39 Å². The summed E-state index contributed by atoms with van der Waals surface area (Å²) in [6.45, 7) is 4.49. The highest BCUT2D eigenvalue weighted by atomic mass is 19.2. The van der Waals surface area contributed by atoms with E-state index in [0.29, 0.717) is 5.56 Å². The first-order chi connectivity index (χ1) is 16.5. The van der Waals surface area contributed by atoms with Crippen LogP contribution in [-0.2, 0) is 6.42 Å². The third-order valence-electron chi connectivity index (χ3n) is 6.01. The molecule has 0 heterocycles. The van der Waals surface area contributed by atoms with E-state index in [1.54, 1.807) is 12.1 Å². The van der Waals surface area contributed by atoms with E-state index in [0.717, 1.165) is 56.9 Å². The standard InChI is InChI=1S/C29H32F4O/c1-3-5-7-9-19-34-25-18-17-24(28(32)29(25)33)23-16-15-22(26(30)27(23)31)21-13-11-20(12-14-21)10-8-6-4-2/h11-18H,3-10,19H2,1-2H3. The number of halogens is 4. The molecule has 34 heavy (non-hydrogen) atoms. The summed E-state index contributed by atoms with van der Waals surface area (Å²) in [5, 5.41) is 0. The van der Waals surface area contributed by atoms with E-state index in [9.17, 15) is 17.6 Å². The fraction of sp³-hybridized carbons (Fsp3) is 0.379. The summed E-state index contributed by atoms with van der Waals surface area (Å²) in [4.78, 5) is 0. The Morgan fingerprint density at radius 1 is 0.559 bits per heavy atom. The van der Waals surface area contributed by atoms with Crippen molar-refractivity contribution < 1.29 is 22.3 Å². The topological polar surface area (TPSA) is 9.23 Å². The molecule has 3 rings (SSSR count). The molecule has 0 bridgehead atoms. The van der Waals surface area contributed by atoms with Gasteiger partial charge in [-0.25, -0.2) is 13.2 Å². The number of rotatable bonds is 12. The molecule has 1 nitrogen and oxygen atoms in total. The number of hydrogen-bond acceptors (Lipinski definition) is 1. The maximum absolute atomic E-state index is 15.0. The molecule has 0 fully saturated rings. The summed E-state index contributed by atoms with van der Waals surface area (Å²) in [6, 6.07) is 12.5. The van der Waals surface area contributed by atoms with Crippen LogP contribution in [0, 0.1) is 23.3 Å². The van der Waals surface area contributed by atoms with Crippen LogP contribution in [0.5, 0.6) is 5.75 Å². The normalized spacial score (nSPS) is 11.1. The van der Waals surface area contributed by atoms with E-state index in [-0.39, 0.29) is 29.0 Å². The highest BCUT2D eigenvalue weighted by Gasteiger charge is 2.21. The number of unbranched alkanes of at least 4 members (excludes halogenated alkanes) is 5. The Morgan fingerprint density at radius 2 is 1.12 bits per heavy atom. The van der Waals surface area contributed by atoms with Gasteiger partial charge < -0.3 is 4.74 Å². The van der Waals surface area contributed by atoms with Gasteiger partial charge in [-0.1, -0.05) is 82.3 Å². The second-order valence-corrected chi connectivity index (χ2v) is 8.59. The SMILES string of the molecule is CCCCCCOc1ccc(-c2ccc(-c3ccc(CCCCC)cc3)c(F)c2F)c(F)c1F. The van der Waals surface area contributed by atoms with Crippen molar-refractivity contribution >= 4 is 0 Å². The summed E-state index contributed by atoms with van der Waals surface area (Å²) in [7, 11) is 0. The molecule has 0 aliphatic rings. The maximum Gasteiger partial charge on any atom is 0.201 e. The lowest BCUT2D eigenvalue weighted by molar-refractivity contribution is 0.285. The average molecular weight is 473 g/mol. The molecule has 0 radical (unpaired) electrons.